The first-order valence-electron chi connectivity index (χ1n) is 11.7. The third-order valence-electron chi connectivity index (χ3n) is 5.93. The van der Waals surface area contributed by atoms with E-state index in [0.717, 1.165) is 12.1 Å². The summed E-state index contributed by atoms with van der Waals surface area (Å²) in [7, 11) is -15.3. The molecule has 0 aliphatic heterocycles. The van der Waals surface area contributed by atoms with Gasteiger partial charge in [-0.3, -0.25) is 10.0 Å². The molecule has 1 heterocycles. The van der Waals surface area contributed by atoms with Gasteiger partial charge in [-0.2, -0.15) is 14.3 Å². The number of nitrogens with zero attached hydrogens (tertiary/aromatic N) is 2. The first kappa shape index (κ1) is 46.8. The van der Waals surface area contributed by atoms with Crippen LogP contribution in [0.25, 0.3) is 21.5 Å². The summed E-state index contributed by atoms with van der Waals surface area (Å²) in [4.78, 5) is 20.0. The van der Waals surface area contributed by atoms with Crippen LogP contribution in [-0.2, 0) is 39.7 Å². The summed E-state index contributed by atoms with van der Waals surface area (Å²) in [6, 6.07) is 11.4. The zero-order valence-electron chi connectivity index (χ0n) is 25.6. The number of benzene rings is 4. The van der Waals surface area contributed by atoms with Crippen molar-refractivity contribution in [1.82, 2.24) is 15.0 Å². The van der Waals surface area contributed by atoms with E-state index in [1.54, 1.807) is 0 Å². The second-order valence-corrected chi connectivity index (χ2v) is 13.7. The van der Waals surface area contributed by atoms with Gasteiger partial charge in [-0.1, -0.05) is 12.1 Å². The zero-order chi connectivity index (χ0) is 32.7. The Morgan fingerprint density at radius 2 is 1.20 bits per heavy atom. The van der Waals surface area contributed by atoms with Crippen molar-refractivity contribution in [2.75, 3.05) is 10.6 Å². The zero-order valence-corrected chi connectivity index (χ0v) is 36.9. The number of hydrogen-bond acceptors (Lipinski definition) is 18. The van der Waals surface area contributed by atoms with E-state index < -0.39 is 50.7 Å². The molecule has 0 aliphatic carbocycles. The van der Waals surface area contributed by atoms with Gasteiger partial charge >= 0.3 is 124 Å². The Balaban J connectivity index is 0.00000300. The van der Waals surface area contributed by atoms with Gasteiger partial charge in [0.25, 0.3) is 0 Å². The van der Waals surface area contributed by atoms with Gasteiger partial charge in [0, 0.05) is 16.3 Å². The molecule has 0 aliphatic rings. The van der Waals surface area contributed by atoms with Crippen molar-refractivity contribution in [1.29, 1.82) is 0 Å². The van der Waals surface area contributed by atoms with Crippen LogP contribution >= 0.6 is 12.0 Å². The van der Waals surface area contributed by atoms with Crippen LogP contribution in [0.1, 0.15) is 0 Å². The van der Waals surface area contributed by atoms with E-state index in [-0.39, 0.29) is 168 Å². The van der Waals surface area contributed by atoms with E-state index in [1.807, 2.05) is 0 Å². The van der Waals surface area contributed by atoms with E-state index in [0.29, 0.717) is 18.1 Å². The predicted molar refractivity (Wildman–Crippen MR) is 149 cm³/mol. The number of aromatic nitrogens is 3. The third-order valence-corrected chi connectivity index (χ3v) is 9.05. The first-order chi connectivity index (χ1) is 21.0. The van der Waals surface area contributed by atoms with Gasteiger partial charge in [0.2, 0.25) is 11.9 Å². The van der Waals surface area contributed by atoms with Crippen molar-refractivity contribution in [3.8, 4) is 0 Å². The van der Waals surface area contributed by atoms with E-state index in [9.17, 15) is 49.0 Å². The van der Waals surface area contributed by atoms with Crippen molar-refractivity contribution < 1.29 is 172 Å². The Bertz CT molecular complexity index is 2400. The Labute approximate surface area is 370 Å². The summed E-state index contributed by atoms with van der Waals surface area (Å²) in [5, 5.41) is 18.8. The number of H-pyrrole nitrogens is 1. The summed E-state index contributed by atoms with van der Waals surface area (Å²) >= 11 is 0.357. The molecule has 0 unspecified atom stereocenters. The molecule has 0 bridgehead atoms. The maximum atomic E-state index is 12.3. The molecule has 0 radical (unpaired) electrons. The van der Waals surface area contributed by atoms with Crippen LogP contribution in [0.3, 0.4) is 0 Å². The molecule has 0 saturated carbocycles. The molecule has 18 nitrogen and oxygen atoms in total. The molecule has 0 fully saturated rings. The first-order valence-corrected chi connectivity index (χ1v) is 16.7. The summed E-state index contributed by atoms with van der Waals surface area (Å²) in [6.45, 7) is 0. The van der Waals surface area contributed by atoms with Crippen LogP contribution in [0.2, 0.25) is 0 Å². The van der Waals surface area contributed by atoms with Crippen molar-refractivity contribution in [3.63, 3.8) is 0 Å². The minimum atomic E-state index is -5.18. The van der Waals surface area contributed by atoms with E-state index in [4.69, 9.17) is 0 Å². The standard InChI is InChI=1S/C23H17N5O13S4.4Na/c29-23-27-21(24-13-1-3-17-11(5-13)7-15(42-41-40-30)9-19(17)44(34,35)36)26-22(28-23)25-14-2-4-18-12(6-14)8-16(43(31,32)33)10-20(18)45(37,38)39;;;;/h1-10,30H,(H,31,32,33)(H,34,35,36)(H,37,38,39)(H3,24,25,26,27,28,29);;;;/q;4*+1/p-4. The molecule has 236 valence electrons. The van der Waals surface area contributed by atoms with Crippen LogP contribution in [0.5, 0.6) is 0 Å². The van der Waals surface area contributed by atoms with Crippen molar-refractivity contribution >= 4 is 87.2 Å². The van der Waals surface area contributed by atoms with Crippen molar-refractivity contribution in [3.05, 3.63) is 71.1 Å². The maximum Gasteiger partial charge on any atom is 1.00 e. The Kier molecular flexibility index (Phi) is 17.8. The molecule has 3 N–H and O–H groups in total. The molecule has 0 atom stereocenters. The van der Waals surface area contributed by atoms with Gasteiger partial charge in [0.1, 0.15) is 30.4 Å². The van der Waals surface area contributed by atoms with Gasteiger partial charge in [-0.25, -0.2) is 30.0 Å². The molecule has 0 spiro atoms. The van der Waals surface area contributed by atoms with Gasteiger partial charge in [-0.15, -0.1) is 0 Å². The van der Waals surface area contributed by atoms with Crippen LogP contribution in [0.15, 0.2) is 85.0 Å². The number of nitrogens with one attached hydrogen (secondary N) is 3. The van der Waals surface area contributed by atoms with Gasteiger partial charge in [0.05, 0.1) is 26.7 Å². The van der Waals surface area contributed by atoms with E-state index in [1.165, 1.54) is 42.5 Å². The molecule has 0 saturated heterocycles. The van der Waals surface area contributed by atoms with Crippen molar-refractivity contribution in [2.24, 2.45) is 0 Å². The van der Waals surface area contributed by atoms with Crippen molar-refractivity contribution in [2.45, 2.75) is 19.6 Å². The minimum absolute atomic E-state index is 0. The summed E-state index contributed by atoms with van der Waals surface area (Å²) < 4.78 is 109. The molecule has 5 aromatic rings. The largest absolute Gasteiger partial charge is 1.00 e. The summed E-state index contributed by atoms with van der Waals surface area (Å²) in [5.41, 5.74) is -0.562. The molecule has 26 heteroatoms. The fraction of sp³-hybridized carbons (Fsp3) is 0. The van der Waals surface area contributed by atoms with Crippen LogP contribution < -0.4 is 140 Å². The number of anilines is 4. The molecular formula is C23H13N5Na4O13S4. The smallest absolute Gasteiger partial charge is 0.744 e. The summed E-state index contributed by atoms with van der Waals surface area (Å²) in [6.07, 6.45) is 0. The van der Waals surface area contributed by atoms with Gasteiger partial charge in [0.15, 0.2) is 0 Å². The van der Waals surface area contributed by atoms with E-state index in [2.05, 4.69) is 35.0 Å². The minimum Gasteiger partial charge on any atom is -0.744 e. The molecule has 1 aromatic heterocycles. The van der Waals surface area contributed by atoms with Crippen LogP contribution in [0, 0.1) is 0 Å². The number of fused-ring (bicyclic) bond motifs is 2. The normalized spacial score (nSPS) is 11.4. The molecule has 49 heavy (non-hydrogen) atoms. The molecule has 5 rings (SSSR count). The fourth-order valence-corrected chi connectivity index (χ4v) is 6.78. The van der Waals surface area contributed by atoms with E-state index >= 15 is 0 Å². The second-order valence-electron chi connectivity index (χ2n) is 8.87. The quantitative estimate of drug-likeness (QED) is 0.0389. The van der Waals surface area contributed by atoms with Gasteiger partial charge < -0.3 is 29.5 Å². The second kappa shape index (κ2) is 18.7. The maximum absolute atomic E-state index is 12.3. The number of rotatable bonds is 10. The molecule has 0 amide bonds. The molecule has 4 aromatic carbocycles. The average molecular weight is 788 g/mol. The Morgan fingerprint density at radius 3 is 1.73 bits per heavy atom. The van der Waals surface area contributed by atoms with Crippen LogP contribution in [-0.4, -0.2) is 53.9 Å². The van der Waals surface area contributed by atoms with Gasteiger partial charge in [-0.05, 0) is 70.1 Å². The number of hydrogen-bond donors (Lipinski definition) is 3. The summed E-state index contributed by atoms with van der Waals surface area (Å²) in [5.74, 6) is -0.485. The monoisotopic (exact) mass is 787 g/mol. The Morgan fingerprint density at radius 1 is 0.673 bits per heavy atom. The van der Waals surface area contributed by atoms with Crippen LogP contribution in [0.4, 0.5) is 23.3 Å². The fourth-order valence-electron chi connectivity index (χ4n) is 4.20. The third kappa shape index (κ3) is 11.9. The number of aromatic amines is 1. The average Bonchev–Trinajstić information content (AvgIpc) is 2.93. The molecular weight excluding hydrogens is 775 g/mol. The predicted octanol–water partition coefficient (Wildman–Crippen LogP) is -11.1. The SMILES string of the molecule is O=c1nc(Nc2ccc3c(S(=O)(=O)[O-])cc(SOO[O-])cc3c2)nc(Nc2ccc3c(S(=O)(=O)[O-])cc(S(=O)(=O)[O-])cc3c2)[nH]1.[Na+].[Na+].[Na+].[Na+]. The Hall–Kier alpha value is -0.230. The topological polar surface area (TPSA) is 296 Å².